The number of fused-ring (bicyclic) bond motifs is 1. The molecular formula is C28H31ClF5N5O2S. The topological polar surface area (TPSA) is 71.9 Å². The molecule has 2 aliphatic heterocycles. The first kappa shape index (κ1) is 32.1. The lowest BCUT2D eigenvalue weighted by Gasteiger charge is -2.36. The van der Waals surface area contributed by atoms with Crippen LogP contribution in [0.1, 0.15) is 11.1 Å². The van der Waals surface area contributed by atoms with Gasteiger partial charge in [-0.15, -0.1) is 11.8 Å². The standard InChI is InChI=1S/C28H31ClF5N5O2S/c1-4-23(40)38-5-7-39(8-6-38)27(35)18-11-19(28(32,33)34)24(17-12-20(29)22(31)13-21(17)30)26-25(18)36-14-16(15-42-26)41-10-9-37(2)3/h4,11-13,16,35-36H,1,5-10,14-15H2,2-3H3. The highest BCUT2D eigenvalue weighted by Crippen LogP contribution is 2.49. The van der Waals surface area contributed by atoms with Gasteiger partial charge in [-0.2, -0.15) is 13.2 Å². The Morgan fingerprint density at radius 3 is 2.48 bits per heavy atom. The molecule has 42 heavy (non-hydrogen) atoms. The average Bonchev–Trinajstić information content (AvgIpc) is 3.16. The number of piperazine rings is 1. The van der Waals surface area contributed by atoms with E-state index in [4.69, 9.17) is 21.7 Å². The monoisotopic (exact) mass is 631 g/mol. The third-order valence-electron chi connectivity index (χ3n) is 7.02. The molecule has 0 saturated carbocycles. The van der Waals surface area contributed by atoms with E-state index in [1.54, 1.807) is 9.80 Å². The SMILES string of the molecule is C=CC(=O)N1CCN(C(=N)c2cc(C(F)(F)F)c(-c3cc(Cl)c(F)cc3F)c3c2NCC(OCCN(C)C)CS3)CC1. The van der Waals surface area contributed by atoms with Crippen molar-refractivity contribution >= 4 is 40.8 Å². The van der Waals surface area contributed by atoms with Crippen LogP contribution in [0, 0.1) is 17.0 Å². The summed E-state index contributed by atoms with van der Waals surface area (Å²) in [6, 6.07) is 2.15. The molecule has 1 amide bonds. The summed E-state index contributed by atoms with van der Waals surface area (Å²) in [7, 11) is 3.77. The van der Waals surface area contributed by atoms with Crippen LogP contribution in [0.15, 0.2) is 35.7 Å². The first-order valence-electron chi connectivity index (χ1n) is 13.1. The zero-order valence-electron chi connectivity index (χ0n) is 23.1. The van der Waals surface area contributed by atoms with E-state index < -0.39 is 45.6 Å². The number of halogens is 6. The lowest BCUT2D eigenvalue weighted by Crippen LogP contribution is -2.50. The molecule has 1 atom stereocenters. The average molecular weight is 632 g/mol. The third kappa shape index (κ3) is 7.01. The number of thioether (sulfide) groups is 1. The minimum Gasteiger partial charge on any atom is -0.381 e. The van der Waals surface area contributed by atoms with Crippen molar-refractivity contribution in [3.8, 4) is 11.1 Å². The van der Waals surface area contributed by atoms with Gasteiger partial charge in [-0.1, -0.05) is 18.2 Å². The molecule has 2 aromatic rings. The normalized spacial score (nSPS) is 17.5. The van der Waals surface area contributed by atoms with Crippen LogP contribution >= 0.6 is 23.4 Å². The summed E-state index contributed by atoms with van der Waals surface area (Å²) in [6.07, 6.45) is -4.16. The fraction of sp³-hybridized carbons (Fsp3) is 0.429. The smallest absolute Gasteiger partial charge is 0.381 e. The van der Waals surface area contributed by atoms with Crippen molar-refractivity contribution in [1.82, 2.24) is 14.7 Å². The van der Waals surface area contributed by atoms with E-state index in [0.29, 0.717) is 19.2 Å². The summed E-state index contributed by atoms with van der Waals surface area (Å²) < 4.78 is 79.2. The van der Waals surface area contributed by atoms with Crippen LogP contribution in [0.4, 0.5) is 27.6 Å². The van der Waals surface area contributed by atoms with Gasteiger partial charge in [0.25, 0.3) is 0 Å². The molecule has 2 aromatic carbocycles. The van der Waals surface area contributed by atoms with Gasteiger partial charge in [0.1, 0.15) is 17.5 Å². The van der Waals surface area contributed by atoms with Gasteiger partial charge >= 0.3 is 6.18 Å². The summed E-state index contributed by atoms with van der Waals surface area (Å²) in [5, 5.41) is 11.6. The second-order valence-electron chi connectivity index (χ2n) is 10.1. The predicted octanol–water partition coefficient (Wildman–Crippen LogP) is 5.42. The summed E-state index contributed by atoms with van der Waals surface area (Å²) in [5.74, 6) is -2.49. The molecule has 2 N–H and O–H groups in total. The molecule has 1 fully saturated rings. The van der Waals surface area contributed by atoms with Crippen molar-refractivity contribution in [1.29, 1.82) is 5.41 Å². The molecule has 0 aromatic heterocycles. The fourth-order valence-corrected chi connectivity index (χ4v) is 6.20. The maximum Gasteiger partial charge on any atom is 0.417 e. The molecule has 1 saturated heterocycles. The Balaban J connectivity index is 1.82. The van der Waals surface area contributed by atoms with Gasteiger partial charge in [-0.05, 0) is 32.3 Å². The number of benzene rings is 2. The van der Waals surface area contributed by atoms with E-state index in [1.165, 1.54) is 6.08 Å². The van der Waals surface area contributed by atoms with Gasteiger partial charge in [0.05, 0.1) is 29.0 Å². The Hall–Kier alpha value is -2.87. The number of alkyl halides is 3. The zero-order chi connectivity index (χ0) is 30.8. The number of hydrogen-bond donors (Lipinski definition) is 2. The van der Waals surface area contributed by atoms with Gasteiger partial charge < -0.3 is 24.8 Å². The zero-order valence-corrected chi connectivity index (χ0v) is 24.7. The van der Waals surface area contributed by atoms with E-state index in [2.05, 4.69) is 11.9 Å². The number of anilines is 1. The maximum atomic E-state index is 15.1. The molecule has 0 aliphatic carbocycles. The van der Waals surface area contributed by atoms with Crippen molar-refractivity contribution in [3.63, 3.8) is 0 Å². The van der Waals surface area contributed by atoms with E-state index in [0.717, 1.165) is 23.9 Å². The third-order valence-corrected chi connectivity index (χ3v) is 8.54. The molecule has 4 rings (SSSR count). The summed E-state index contributed by atoms with van der Waals surface area (Å²) in [5.41, 5.74) is -1.97. The molecule has 0 spiro atoms. The van der Waals surface area contributed by atoms with E-state index >= 15 is 4.39 Å². The predicted molar refractivity (Wildman–Crippen MR) is 154 cm³/mol. The van der Waals surface area contributed by atoms with Gasteiger partial charge in [-0.3, -0.25) is 10.2 Å². The van der Waals surface area contributed by atoms with Crippen LogP contribution in [-0.2, 0) is 15.7 Å². The molecule has 7 nitrogen and oxygen atoms in total. The summed E-state index contributed by atoms with van der Waals surface area (Å²) >= 11 is 6.96. The van der Waals surface area contributed by atoms with Gasteiger partial charge in [0.15, 0.2) is 0 Å². The number of hydrogen-bond acceptors (Lipinski definition) is 6. The van der Waals surface area contributed by atoms with E-state index in [-0.39, 0.29) is 66.4 Å². The van der Waals surface area contributed by atoms with Crippen LogP contribution in [0.3, 0.4) is 0 Å². The molecule has 1 unspecified atom stereocenters. The molecule has 228 valence electrons. The van der Waals surface area contributed by atoms with Crippen molar-refractivity contribution in [2.75, 3.05) is 71.0 Å². The Labute approximate surface area is 250 Å². The Morgan fingerprint density at radius 1 is 1.19 bits per heavy atom. The lowest BCUT2D eigenvalue weighted by atomic mass is 9.94. The highest BCUT2D eigenvalue weighted by molar-refractivity contribution is 7.99. The highest BCUT2D eigenvalue weighted by atomic mass is 35.5. The summed E-state index contributed by atoms with van der Waals surface area (Å²) in [6.45, 7) is 5.70. The summed E-state index contributed by atoms with van der Waals surface area (Å²) in [4.78, 5) is 17.1. The van der Waals surface area contributed by atoms with Crippen molar-refractivity contribution in [2.24, 2.45) is 0 Å². The Morgan fingerprint density at radius 2 is 1.86 bits per heavy atom. The molecule has 0 radical (unpaired) electrons. The quantitative estimate of drug-likeness (QED) is 0.140. The number of nitrogens with one attached hydrogen (secondary N) is 2. The van der Waals surface area contributed by atoms with Crippen molar-refractivity contribution < 1.29 is 31.5 Å². The molecular weight excluding hydrogens is 601 g/mol. The lowest BCUT2D eigenvalue weighted by molar-refractivity contribution is -0.137. The molecule has 14 heteroatoms. The largest absolute Gasteiger partial charge is 0.417 e. The molecule has 2 aliphatic rings. The second-order valence-corrected chi connectivity index (χ2v) is 11.6. The number of nitrogens with zero attached hydrogens (tertiary/aromatic N) is 3. The molecule has 2 heterocycles. The number of likely N-dealkylation sites (N-methyl/N-ethyl adjacent to an activating group) is 1. The minimum absolute atomic E-state index is 0.0281. The van der Waals surface area contributed by atoms with E-state index in [9.17, 15) is 22.4 Å². The maximum absolute atomic E-state index is 15.1. The van der Waals surface area contributed by atoms with Crippen LogP contribution in [0.5, 0.6) is 0 Å². The number of amidine groups is 1. The minimum atomic E-state index is -4.95. The Kier molecular flexibility index (Phi) is 10.1. The van der Waals surface area contributed by atoms with Crippen LogP contribution in [0.2, 0.25) is 5.02 Å². The van der Waals surface area contributed by atoms with Gasteiger partial charge in [0.2, 0.25) is 5.91 Å². The van der Waals surface area contributed by atoms with Crippen LogP contribution in [0.25, 0.3) is 11.1 Å². The first-order chi connectivity index (χ1) is 19.8. The number of ether oxygens (including phenoxy) is 1. The Bertz CT molecular complexity index is 1370. The van der Waals surface area contributed by atoms with Gasteiger partial charge in [-0.25, -0.2) is 8.78 Å². The van der Waals surface area contributed by atoms with Crippen molar-refractivity contribution in [2.45, 2.75) is 17.2 Å². The second kappa shape index (κ2) is 13.2. The van der Waals surface area contributed by atoms with Gasteiger partial charge in [0, 0.05) is 72.7 Å². The number of rotatable bonds is 7. The number of carbonyl (C=O) groups excluding carboxylic acids is 1. The molecule has 0 bridgehead atoms. The number of amides is 1. The fourth-order valence-electron chi connectivity index (χ4n) is 4.78. The van der Waals surface area contributed by atoms with Crippen LogP contribution < -0.4 is 5.32 Å². The highest BCUT2D eigenvalue weighted by Gasteiger charge is 2.40. The van der Waals surface area contributed by atoms with Crippen LogP contribution in [-0.4, -0.2) is 98.3 Å². The van der Waals surface area contributed by atoms with E-state index in [1.807, 2.05) is 19.0 Å². The van der Waals surface area contributed by atoms with Crippen molar-refractivity contribution in [3.05, 3.63) is 58.6 Å². The number of carbonyl (C=O) groups is 1. The first-order valence-corrected chi connectivity index (χ1v) is 14.5.